The van der Waals surface area contributed by atoms with Crippen molar-refractivity contribution in [3.8, 4) is 5.75 Å². The van der Waals surface area contributed by atoms with Crippen LogP contribution in [0.2, 0.25) is 0 Å². The summed E-state index contributed by atoms with van der Waals surface area (Å²) in [5, 5.41) is 11.0. The minimum atomic E-state index is -3.81. The van der Waals surface area contributed by atoms with Gasteiger partial charge in [-0.25, -0.2) is 8.42 Å². The fourth-order valence-corrected chi connectivity index (χ4v) is 7.31. The number of ether oxygens (including phenoxy) is 1. The number of aliphatic hydroxyl groups is 1. The first-order chi connectivity index (χ1) is 15.3. The van der Waals surface area contributed by atoms with E-state index in [1.807, 2.05) is 44.2 Å². The molecule has 0 radical (unpaired) electrons. The Hall–Kier alpha value is -2.31. The Labute approximate surface area is 190 Å². The number of sulfonamides is 1. The summed E-state index contributed by atoms with van der Waals surface area (Å²) < 4.78 is 35.0. The molecule has 5 nitrogen and oxygen atoms in total. The molecule has 2 aromatic rings. The number of hydrogen-bond acceptors (Lipinski definition) is 4. The lowest BCUT2D eigenvalue weighted by Gasteiger charge is -2.34. The first-order valence-corrected chi connectivity index (χ1v) is 13.0. The van der Waals surface area contributed by atoms with E-state index in [2.05, 4.69) is 13.0 Å². The minimum absolute atomic E-state index is 0.244. The number of benzene rings is 2. The Morgan fingerprint density at radius 3 is 2.72 bits per heavy atom. The molecule has 1 heterocycles. The smallest absolute Gasteiger partial charge is 0.264 e. The van der Waals surface area contributed by atoms with Gasteiger partial charge >= 0.3 is 0 Å². The van der Waals surface area contributed by atoms with E-state index in [9.17, 15) is 13.5 Å². The molecule has 0 spiro atoms. The predicted octanol–water partition coefficient (Wildman–Crippen LogP) is 4.92. The summed E-state index contributed by atoms with van der Waals surface area (Å²) in [4.78, 5) is 0.285. The molecule has 6 heteroatoms. The number of para-hydroxylation sites is 1. The molecule has 0 amide bonds. The van der Waals surface area contributed by atoms with Gasteiger partial charge in [-0.1, -0.05) is 49.8 Å². The molecule has 2 aromatic carbocycles. The van der Waals surface area contributed by atoms with Gasteiger partial charge in [0.1, 0.15) is 12.4 Å². The van der Waals surface area contributed by atoms with Gasteiger partial charge in [-0.2, -0.15) is 0 Å². The lowest BCUT2D eigenvalue weighted by molar-refractivity contribution is 0.118. The van der Waals surface area contributed by atoms with Crippen molar-refractivity contribution in [1.29, 1.82) is 0 Å². The van der Waals surface area contributed by atoms with Gasteiger partial charge in [0.25, 0.3) is 10.0 Å². The summed E-state index contributed by atoms with van der Waals surface area (Å²) in [7, 11) is -3.81. The first-order valence-electron chi connectivity index (χ1n) is 11.6. The van der Waals surface area contributed by atoms with Crippen molar-refractivity contribution in [1.82, 2.24) is 0 Å². The maximum absolute atomic E-state index is 13.9. The number of allylic oxidation sites excluding steroid dienone is 2. The van der Waals surface area contributed by atoms with Gasteiger partial charge in [0.05, 0.1) is 23.2 Å². The van der Waals surface area contributed by atoms with Crippen LogP contribution >= 0.6 is 0 Å². The van der Waals surface area contributed by atoms with Gasteiger partial charge in [0.15, 0.2) is 0 Å². The van der Waals surface area contributed by atoms with Crippen molar-refractivity contribution in [2.75, 3.05) is 17.5 Å². The van der Waals surface area contributed by atoms with E-state index in [0.717, 1.165) is 11.1 Å². The Balaban J connectivity index is 1.48. The number of fused-ring (bicyclic) bond motifs is 2. The predicted molar refractivity (Wildman–Crippen MR) is 126 cm³/mol. The van der Waals surface area contributed by atoms with E-state index in [0.29, 0.717) is 42.4 Å². The van der Waals surface area contributed by atoms with Crippen LogP contribution < -0.4 is 9.04 Å². The Morgan fingerprint density at radius 2 is 2.06 bits per heavy atom. The second kappa shape index (κ2) is 7.63. The van der Waals surface area contributed by atoms with Crippen LogP contribution in [0.3, 0.4) is 0 Å². The maximum Gasteiger partial charge on any atom is 0.264 e. The van der Waals surface area contributed by atoms with Gasteiger partial charge in [-0.05, 0) is 67.3 Å². The highest BCUT2D eigenvalue weighted by Crippen LogP contribution is 2.65. The van der Waals surface area contributed by atoms with E-state index >= 15 is 0 Å². The Bertz CT molecular complexity index is 1200. The molecule has 5 rings (SSSR count). The van der Waals surface area contributed by atoms with Crippen LogP contribution in [0.1, 0.15) is 55.9 Å². The van der Waals surface area contributed by atoms with Crippen molar-refractivity contribution >= 4 is 15.7 Å². The van der Waals surface area contributed by atoms with Crippen LogP contribution in [0.4, 0.5) is 5.69 Å². The van der Waals surface area contributed by atoms with E-state index in [4.69, 9.17) is 4.74 Å². The van der Waals surface area contributed by atoms with Crippen LogP contribution in [-0.4, -0.2) is 26.7 Å². The molecule has 0 bridgehead atoms. The van der Waals surface area contributed by atoms with E-state index in [1.54, 1.807) is 6.07 Å². The third-order valence-corrected chi connectivity index (χ3v) is 9.52. The van der Waals surface area contributed by atoms with Crippen molar-refractivity contribution in [3.63, 3.8) is 0 Å². The summed E-state index contributed by atoms with van der Waals surface area (Å²) in [6, 6.07) is 11.0. The Kier molecular flexibility index (Phi) is 5.13. The van der Waals surface area contributed by atoms with Crippen molar-refractivity contribution in [3.05, 3.63) is 64.7 Å². The average molecular weight is 454 g/mol. The second-order valence-electron chi connectivity index (χ2n) is 9.43. The number of aliphatic hydroxyl groups excluding tert-OH is 1. The van der Waals surface area contributed by atoms with Crippen LogP contribution in [0.25, 0.3) is 0 Å². The van der Waals surface area contributed by atoms with Gasteiger partial charge in [-0.15, -0.1) is 0 Å². The number of nitrogens with zero attached hydrogens (tertiary/aromatic N) is 1. The summed E-state index contributed by atoms with van der Waals surface area (Å²) in [6.07, 6.45) is 5.26. The topological polar surface area (TPSA) is 66.8 Å². The first kappa shape index (κ1) is 21.5. The fourth-order valence-electron chi connectivity index (χ4n) is 5.45. The molecular formula is C26H31NO4S. The largest absolute Gasteiger partial charge is 0.489 e. The molecule has 3 atom stereocenters. The van der Waals surface area contributed by atoms with Crippen LogP contribution in [0.5, 0.6) is 5.75 Å². The quantitative estimate of drug-likeness (QED) is 0.604. The number of anilines is 1. The van der Waals surface area contributed by atoms with Gasteiger partial charge < -0.3 is 9.84 Å². The summed E-state index contributed by atoms with van der Waals surface area (Å²) in [5.41, 5.74) is 4.68. The number of rotatable bonds is 7. The average Bonchev–Trinajstić information content (AvgIpc) is 3.33. The van der Waals surface area contributed by atoms with Crippen LogP contribution in [-0.2, 0) is 16.4 Å². The Morgan fingerprint density at radius 1 is 1.25 bits per heavy atom. The molecule has 0 saturated heterocycles. The molecular weight excluding hydrogens is 422 g/mol. The molecule has 1 saturated carbocycles. The van der Waals surface area contributed by atoms with E-state index in [1.165, 1.54) is 22.7 Å². The molecule has 170 valence electrons. The third-order valence-electron chi connectivity index (χ3n) is 7.64. The van der Waals surface area contributed by atoms with Crippen molar-refractivity contribution in [2.45, 2.75) is 57.5 Å². The van der Waals surface area contributed by atoms with Crippen LogP contribution in [0.15, 0.2) is 52.9 Å². The van der Waals surface area contributed by atoms with Crippen LogP contribution in [0, 0.1) is 18.3 Å². The van der Waals surface area contributed by atoms with Gasteiger partial charge in [0, 0.05) is 5.41 Å². The summed E-state index contributed by atoms with van der Waals surface area (Å²) >= 11 is 0. The molecule has 2 aliphatic carbocycles. The number of aryl methyl sites for hydroxylation is 2. The third kappa shape index (κ3) is 3.27. The van der Waals surface area contributed by atoms with E-state index < -0.39 is 16.1 Å². The molecule has 32 heavy (non-hydrogen) atoms. The highest BCUT2D eigenvalue weighted by Gasteiger charge is 2.54. The summed E-state index contributed by atoms with van der Waals surface area (Å²) in [5.74, 6) is 0.955. The van der Waals surface area contributed by atoms with Crippen molar-refractivity contribution < 1.29 is 18.3 Å². The second-order valence-corrected chi connectivity index (χ2v) is 11.3. The fraction of sp³-hybridized carbons (Fsp3) is 0.462. The zero-order valence-electron chi connectivity index (χ0n) is 19.0. The molecule has 1 N–H and O–H groups in total. The monoisotopic (exact) mass is 453 g/mol. The lowest BCUT2D eigenvalue weighted by Crippen LogP contribution is -2.39. The maximum atomic E-state index is 13.9. The highest BCUT2D eigenvalue weighted by atomic mass is 32.2. The zero-order valence-corrected chi connectivity index (χ0v) is 19.8. The standard InChI is InChI=1S/C26H31NO4S/c1-4-19-8-9-20(22(28)14-18(3)26-11-10-21(26)16-26)15-24(19)32(29,30)27-12-13-31-23-7-5-6-17(2)25(23)27/h5-9,15-16,18,22,28H,4,10-14H2,1-3H3. The summed E-state index contributed by atoms with van der Waals surface area (Å²) in [6.45, 7) is 6.63. The minimum Gasteiger partial charge on any atom is -0.489 e. The van der Waals surface area contributed by atoms with Gasteiger partial charge in [0.2, 0.25) is 0 Å². The van der Waals surface area contributed by atoms with Gasteiger partial charge in [-0.3, -0.25) is 4.31 Å². The normalized spacial score (nSPS) is 23.2. The molecule has 3 aliphatic rings. The van der Waals surface area contributed by atoms with Crippen molar-refractivity contribution in [2.24, 2.45) is 11.3 Å². The number of hydrogen-bond donors (Lipinski definition) is 1. The molecule has 0 aromatic heterocycles. The zero-order chi connectivity index (χ0) is 22.7. The molecule has 1 aliphatic heterocycles. The lowest BCUT2D eigenvalue weighted by atomic mass is 9.71. The van der Waals surface area contributed by atoms with E-state index in [-0.39, 0.29) is 16.9 Å². The SMILES string of the molecule is CCc1ccc(C(O)CC(C)C23C=C2CC3)cc1S(=O)(=O)N1CCOc2cccc(C)c21. The highest BCUT2D eigenvalue weighted by molar-refractivity contribution is 7.93. The molecule has 1 fully saturated rings. The molecule has 3 unspecified atom stereocenters.